The number of nitrogen functional groups attached to an aromatic ring is 1. The smallest absolute Gasteiger partial charge is 0.224 e. The number of phenols is 1. The standard InChI is InChI=1S/C14H12FN5O/c1-17-12-9-4-5-11(18-13(9)20-14(16)19-12)8-3-2-7(21)6-10(8)15/h2-6,21H,1H3,(H3,16,17,18,19,20). The highest BCUT2D eigenvalue weighted by Gasteiger charge is 2.11. The summed E-state index contributed by atoms with van der Waals surface area (Å²) in [4.78, 5) is 12.4. The minimum Gasteiger partial charge on any atom is -0.508 e. The number of aromatic nitrogens is 3. The van der Waals surface area contributed by atoms with E-state index in [-0.39, 0.29) is 17.3 Å². The van der Waals surface area contributed by atoms with Crippen LogP contribution in [0.25, 0.3) is 22.3 Å². The summed E-state index contributed by atoms with van der Waals surface area (Å²) in [5, 5.41) is 12.9. The number of nitrogens with one attached hydrogen (secondary N) is 1. The minimum atomic E-state index is -0.558. The molecule has 3 rings (SSSR count). The second-order valence-corrected chi connectivity index (χ2v) is 4.41. The summed E-state index contributed by atoms with van der Waals surface area (Å²) in [5.41, 5.74) is 6.68. The van der Waals surface area contributed by atoms with Gasteiger partial charge in [0.25, 0.3) is 0 Å². The average Bonchev–Trinajstić information content (AvgIpc) is 2.45. The highest BCUT2D eigenvalue weighted by Crippen LogP contribution is 2.27. The Morgan fingerprint density at radius 2 is 1.95 bits per heavy atom. The number of aromatic hydroxyl groups is 1. The molecule has 0 fully saturated rings. The van der Waals surface area contributed by atoms with E-state index < -0.39 is 5.82 Å². The number of nitrogens with zero attached hydrogens (tertiary/aromatic N) is 3. The predicted molar refractivity (Wildman–Crippen MR) is 78.4 cm³/mol. The molecule has 6 nitrogen and oxygen atoms in total. The van der Waals surface area contributed by atoms with Gasteiger partial charge in [-0.2, -0.15) is 9.97 Å². The first kappa shape index (κ1) is 13.0. The van der Waals surface area contributed by atoms with E-state index in [4.69, 9.17) is 5.73 Å². The van der Waals surface area contributed by atoms with Gasteiger partial charge in [0.15, 0.2) is 5.65 Å². The van der Waals surface area contributed by atoms with Gasteiger partial charge in [-0.05, 0) is 24.3 Å². The first-order valence-electron chi connectivity index (χ1n) is 6.19. The molecule has 0 aliphatic rings. The number of phenolic OH excluding ortho intramolecular Hbond substituents is 1. The van der Waals surface area contributed by atoms with Crippen LogP contribution in [0.15, 0.2) is 30.3 Å². The maximum atomic E-state index is 13.9. The highest BCUT2D eigenvalue weighted by molar-refractivity contribution is 5.89. The molecule has 0 atom stereocenters. The number of halogens is 1. The van der Waals surface area contributed by atoms with Gasteiger partial charge in [-0.15, -0.1) is 0 Å². The molecule has 0 aliphatic heterocycles. The van der Waals surface area contributed by atoms with Crippen molar-refractivity contribution in [2.75, 3.05) is 18.1 Å². The Morgan fingerprint density at radius 1 is 1.14 bits per heavy atom. The molecule has 0 saturated heterocycles. The first-order chi connectivity index (χ1) is 10.1. The fraction of sp³-hybridized carbons (Fsp3) is 0.0714. The highest BCUT2D eigenvalue weighted by atomic mass is 19.1. The number of nitrogens with two attached hydrogens (primary N) is 1. The normalized spacial score (nSPS) is 10.8. The van der Waals surface area contributed by atoms with Crippen LogP contribution in [-0.2, 0) is 0 Å². The van der Waals surface area contributed by atoms with Crippen molar-refractivity contribution < 1.29 is 9.50 Å². The quantitative estimate of drug-likeness (QED) is 0.667. The van der Waals surface area contributed by atoms with E-state index in [2.05, 4.69) is 20.3 Å². The van der Waals surface area contributed by atoms with Crippen LogP contribution in [0.4, 0.5) is 16.2 Å². The van der Waals surface area contributed by atoms with Gasteiger partial charge in [-0.3, -0.25) is 0 Å². The van der Waals surface area contributed by atoms with Gasteiger partial charge >= 0.3 is 0 Å². The molecule has 4 N–H and O–H groups in total. The lowest BCUT2D eigenvalue weighted by Gasteiger charge is -2.08. The van der Waals surface area contributed by atoms with E-state index in [1.54, 1.807) is 19.2 Å². The van der Waals surface area contributed by atoms with E-state index >= 15 is 0 Å². The number of pyridine rings is 1. The second-order valence-electron chi connectivity index (χ2n) is 4.41. The molecule has 21 heavy (non-hydrogen) atoms. The number of anilines is 2. The SMILES string of the molecule is CNc1nc(N)nc2nc(-c3ccc(O)cc3F)ccc12. The van der Waals surface area contributed by atoms with Crippen molar-refractivity contribution in [3.8, 4) is 17.0 Å². The molecule has 0 spiro atoms. The fourth-order valence-corrected chi connectivity index (χ4v) is 2.08. The third-order valence-electron chi connectivity index (χ3n) is 3.04. The van der Waals surface area contributed by atoms with Crippen LogP contribution >= 0.6 is 0 Å². The van der Waals surface area contributed by atoms with Crippen LogP contribution in [0.5, 0.6) is 5.75 Å². The maximum absolute atomic E-state index is 13.9. The Bertz CT molecular complexity index is 837. The summed E-state index contributed by atoms with van der Waals surface area (Å²) in [6.45, 7) is 0. The Morgan fingerprint density at radius 3 is 2.67 bits per heavy atom. The molecule has 2 heterocycles. The van der Waals surface area contributed by atoms with Gasteiger partial charge in [0.1, 0.15) is 17.4 Å². The van der Waals surface area contributed by atoms with E-state index in [0.29, 0.717) is 22.5 Å². The molecule has 0 unspecified atom stereocenters. The lowest BCUT2D eigenvalue weighted by molar-refractivity contribution is 0.469. The molecule has 3 aromatic rings. The average molecular weight is 285 g/mol. The number of rotatable bonds is 2. The van der Waals surface area contributed by atoms with Crippen LogP contribution in [0.2, 0.25) is 0 Å². The summed E-state index contributed by atoms with van der Waals surface area (Å²) in [6, 6.07) is 7.31. The molecule has 0 amide bonds. The Labute approximate surface area is 119 Å². The lowest BCUT2D eigenvalue weighted by atomic mass is 10.1. The maximum Gasteiger partial charge on any atom is 0.224 e. The zero-order valence-electron chi connectivity index (χ0n) is 11.1. The van der Waals surface area contributed by atoms with E-state index in [1.165, 1.54) is 12.1 Å². The number of benzene rings is 1. The summed E-state index contributed by atoms with van der Waals surface area (Å²) in [6.07, 6.45) is 0. The molecule has 106 valence electrons. The third-order valence-corrected chi connectivity index (χ3v) is 3.04. The lowest BCUT2D eigenvalue weighted by Crippen LogP contribution is -2.02. The van der Waals surface area contributed by atoms with Crippen molar-refractivity contribution in [2.24, 2.45) is 0 Å². The van der Waals surface area contributed by atoms with Crippen LogP contribution in [0.3, 0.4) is 0 Å². The molecule has 0 radical (unpaired) electrons. The third kappa shape index (κ3) is 2.29. The van der Waals surface area contributed by atoms with Gasteiger partial charge in [-0.1, -0.05) is 0 Å². The molecular formula is C14H12FN5O. The van der Waals surface area contributed by atoms with Crippen molar-refractivity contribution in [1.82, 2.24) is 15.0 Å². The topological polar surface area (TPSA) is 97.0 Å². The van der Waals surface area contributed by atoms with Crippen LogP contribution < -0.4 is 11.1 Å². The van der Waals surface area contributed by atoms with E-state index in [9.17, 15) is 9.50 Å². The van der Waals surface area contributed by atoms with Crippen LogP contribution in [0, 0.1) is 5.82 Å². The predicted octanol–water partition coefficient (Wildman–Crippen LogP) is 2.16. The number of hydrogen-bond donors (Lipinski definition) is 3. The first-order valence-corrected chi connectivity index (χ1v) is 6.19. The molecule has 1 aromatic carbocycles. The number of hydrogen-bond acceptors (Lipinski definition) is 6. The molecule has 0 aliphatic carbocycles. The monoisotopic (exact) mass is 285 g/mol. The minimum absolute atomic E-state index is 0.0858. The number of fused-ring (bicyclic) bond motifs is 1. The van der Waals surface area contributed by atoms with Crippen LogP contribution in [-0.4, -0.2) is 27.1 Å². The van der Waals surface area contributed by atoms with Gasteiger partial charge in [0.2, 0.25) is 5.95 Å². The summed E-state index contributed by atoms with van der Waals surface area (Å²) < 4.78 is 13.9. The zero-order valence-corrected chi connectivity index (χ0v) is 11.1. The molecule has 7 heteroatoms. The zero-order chi connectivity index (χ0) is 15.0. The van der Waals surface area contributed by atoms with Crippen molar-refractivity contribution in [2.45, 2.75) is 0 Å². The van der Waals surface area contributed by atoms with Crippen molar-refractivity contribution in [3.05, 3.63) is 36.1 Å². The largest absolute Gasteiger partial charge is 0.508 e. The summed E-state index contributed by atoms with van der Waals surface area (Å²) >= 11 is 0. The summed E-state index contributed by atoms with van der Waals surface area (Å²) in [5.74, 6) is -0.0517. The van der Waals surface area contributed by atoms with Crippen molar-refractivity contribution in [3.63, 3.8) is 0 Å². The van der Waals surface area contributed by atoms with E-state index in [1.807, 2.05) is 0 Å². The van der Waals surface area contributed by atoms with Gasteiger partial charge < -0.3 is 16.2 Å². The Balaban J connectivity index is 2.21. The Hall–Kier alpha value is -2.96. The molecule has 2 aromatic heterocycles. The molecule has 0 bridgehead atoms. The van der Waals surface area contributed by atoms with Gasteiger partial charge in [0, 0.05) is 18.7 Å². The van der Waals surface area contributed by atoms with Gasteiger partial charge in [0.05, 0.1) is 11.1 Å². The second kappa shape index (κ2) is 4.86. The summed E-state index contributed by atoms with van der Waals surface area (Å²) in [7, 11) is 1.72. The van der Waals surface area contributed by atoms with E-state index in [0.717, 1.165) is 6.07 Å². The molecule has 0 saturated carbocycles. The molecular weight excluding hydrogens is 273 g/mol. The Kier molecular flexibility index (Phi) is 3.02. The van der Waals surface area contributed by atoms with Crippen molar-refractivity contribution >= 4 is 22.8 Å². The van der Waals surface area contributed by atoms with Crippen LogP contribution in [0.1, 0.15) is 0 Å². The van der Waals surface area contributed by atoms with Gasteiger partial charge in [-0.25, -0.2) is 9.37 Å². The fourth-order valence-electron chi connectivity index (χ4n) is 2.08. The van der Waals surface area contributed by atoms with Crippen molar-refractivity contribution in [1.29, 1.82) is 0 Å².